The molecule has 0 heterocycles. The number of hydrogen-bond acceptors (Lipinski definition) is 5. The predicted molar refractivity (Wildman–Crippen MR) is 108 cm³/mol. The smallest absolute Gasteiger partial charge is 0.265 e. The van der Waals surface area contributed by atoms with Gasteiger partial charge in [-0.2, -0.15) is 4.31 Å². The van der Waals surface area contributed by atoms with Crippen molar-refractivity contribution in [2.24, 2.45) is 0 Å². The van der Waals surface area contributed by atoms with Crippen molar-refractivity contribution in [3.8, 4) is 11.5 Å². The molecule has 2 aromatic rings. The standard InChI is InChI=1S/C20H26N2O5S/c1-5-22(6-2)28(24,25)17-12-13-19(26-4)18(14-17)21-20(23)15(3)27-16-10-8-7-9-11-16/h7-15H,5-6H2,1-4H3,(H,21,23)/t15-/m0/s1. The van der Waals surface area contributed by atoms with Gasteiger partial charge in [0, 0.05) is 13.1 Å². The van der Waals surface area contributed by atoms with Gasteiger partial charge in [0.05, 0.1) is 17.7 Å². The molecule has 0 saturated carbocycles. The first-order chi connectivity index (χ1) is 13.3. The lowest BCUT2D eigenvalue weighted by molar-refractivity contribution is -0.122. The number of sulfonamides is 1. The summed E-state index contributed by atoms with van der Waals surface area (Å²) in [6.45, 7) is 5.88. The summed E-state index contributed by atoms with van der Waals surface area (Å²) in [7, 11) is -2.21. The van der Waals surface area contributed by atoms with Crippen LogP contribution < -0.4 is 14.8 Å². The second kappa shape index (κ2) is 9.57. The maximum Gasteiger partial charge on any atom is 0.265 e. The van der Waals surface area contributed by atoms with Gasteiger partial charge in [-0.1, -0.05) is 32.0 Å². The molecule has 0 bridgehead atoms. The largest absolute Gasteiger partial charge is 0.495 e. The highest BCUT2D eigenvalue weighted by Crippen LogP contribution is 2.29. The molecule has 7 nitrogen and oxygen atoms in total. The van der Waals surface area contributed by atoms with Crippen LogP contribution in [0.1, 0.15) is 20.8 Å². The summed E-state index contributed by atoms with van der Waals surface area (Å²) in [6.07, 6.45) is -0.782. The zero-order valence-electron chi connectivity index (χ0n) is 16.5. The Labute approximate surface area is 166 Å². The van der Waals surface area contributed by atoms with E-state index in [-0.39, 0.29) is 10.6 Å². The molecule has 0 radical (unpaired) electrons. The molecule has 2 rings (SSSR count). The lowest BCUT2D eigenvalue weighted by Crippen LogP contribution is -2.31. The fraction of sp³-hybridized carbons (Fsp3) is 0.350. The van der Waals surface area contributed by atoms with Crippen LogP contribution in [0.5, 0.6) is 11.5 Å². The molecule has 1 amide bonds. The SMILES string of the molecule is CCN(CC)S(=O)(=O)c1ccc(OC)c(NC(=O)[C@H](C)Oc2ccccc2)c1. The van der Waals surface area contributed by atoms with E-state index in [1.165, 1.54) is 29.6 Å². The second-order valence-electron chi connectivity index (χ2n) is 6.01. The van der Waals surface area contributed by atoms with Crippen molar-refractivity contribution in [2.75, 3.05) is 25.5 Å². The van der Waals surface area contributed by atoms with Gasteiger partial charge in [0.2, 0.25) is 10.0 Å². The molecule has 0 fully saturated rings. The Morgan fingerprint density at radius 1 is 1.11 bits per heavy atom. The quantitative estimate of drug-likeness (QED) is 0.692. The van der Waals surface area contributed by atoms with Crippen LogP contribution in [0.4, 0.5) is 5.69 Å². The second-order valence-corrected chi connectivity index (χ2v) is 7.95. The number of anilines is 1. The van der Waals surface area contributed by atoms with Gasteiger partial charge in [-0.3, -0.25) is 4.79 Å². The average molecular weight is 407 g/mol. The summed E-state index contributed by atoms with van der Waals surface area (Å²) in [5, 5.41) is 2.70. The zero-order valence-corrected chi connectivity index (χ0v) is 17.3. The molecule has 28 heavy (non-hydrogen) atoms. The van der Waals surface area contributed by atoms with Crippen LogP contribution in [0.3, 0.4) is 0 Å². The molecule has 0 aliphatic heterocycles. The first-order valence-electron chi connectivity index (χ1n) is 9.04. The number of methoxy groups -OCH3 is 1. The molecule has 1 atom stereocenters. The van der Waals surface area contributed by atoms with Gasteiger partial charge in [-0.15, -0.1) is 0 Å². The molecule has 1 N–H and O–H groups in total. The van der Waals surface area contributed by atoms with Gasteiger partial charge in [0.25, 0.3) is 5.91 Å². The topological polar surface area (TPSA) is 84.9 Å². The number of carbonyl (C=O) groups is 1. The van der Waals surface area contributed by atoms with Crippen LogP contribution in [0.2, 0.25) is 0 Å². The molecular weight excluding hydrogens is 380 g/mol. The minimum absolute atomic E-state index is 0.0870. The summed E-state index contributed by atoms with van der Waals surface area (Å²) in [5.74, 6) is 0.508. The number of nitrogens with zero attached hydrogens (tertiary/aromatic N) is 1. The number of ether oxygens (including phenoxy) is 2. The Hall–Kier alpha value is -2.58. The number of benzene rings is 2. The van der Waals surface area contributed by atoms with Gasteiger partial charge >= 0.3 is 0 Å². The van der Waals surface area contributed by atoms with Gasteiger partial charge in [-0.05, 0) is 37.3 Å². The Morgan fingerprint density at radius 3 is 2.32 bits per heavy atom. The highest BCUT2D eigenvalue weighted by molar-refractivity contribution is 7.89. The number of rotatable bonds is 9. The van der Waals surface area contributed by atoms with Gasteiger partial charge in [0.15, 0.2) is 6.10 Å². The maximum absolute atomic E-state index is 12.8. The van der Waals surface area contributed by atoms with Crippen molar-refractivity contribution < 1.29 is 22.7 Å². The predicted octanol–water partition coefficient (Wildman–Crippen LogP) is 3.13. The molecule has 0 saturated heterocycles. The molecule has 152 valence electrons. The van der Waals surface area contributed by atoms with Crippen molar-refractivity contribution in [3.63, 3.8) is 0 Å². The van der Waals surface area contributed by atoms with Crippen LogP contribution in [0.15, 0.2) is 53.4 Å². The summed E-state index contributed by atoms with van der Waals surface area (Å²) in [6, 6.07) is 13.4. The van der Waals surface area contributed by atoms with Crippen LogP contribution in [0.25, 0.3) is 0 Å². The number of para-hydroxylation sites is 1. The summed E-state index contributed by atoms with van der Waals surface area (Å²) in [5.41, 5.74) is 0.268. The van der Waals surface area contributed by atoms with Crippen molar-refractivity contribution in [3.05, 3.63) is 48.5 Å². The Bertz CT molecular complexity index is 896. The third-order valence-corrected chi connectivity index (χ3v) is 6.24. The molecule has 8 heteroatoms. The number of amides is 1. The van der Waals surface area contributed by atoms with E-state index in [1.54, 1.807) is 32.9 Å². The monoisotopic (exact) mass is 406 g/mol. The maximum atomic E-state index is 12.8. The lowest BCUT2D eigenvalue weighted by Gasteiger charge is -2.20. The number of hydrogen-bond donors (Lipinski definition) is 1. The molecule has 0 spiro atoms. The van der Waals surface area contributed by atoms with Crippen LogP contribution >= 0.6 is 0 Å². The summed E-state index contributed by atoms with van der Waals surface area (Å²) < 4.78 is 37.7. The van der Waals surface area contributed by atoms with Gasteiger partial charge in [-0.25, -0.2) is 8.42 Å². The Morgan fingerprint density at radius 2 is 1.75 bits per heavy atom. The molecular formula is C20H26N2O5S. The number of nitrogens with one attached hydrogen (secondary N) is 1. The first kappa shape index (κ1) is 21.7. The summed E-state index contributed by atoms with van der Waals surface area (Å²) >= 11 is 0. The minimum Gasteiger partial charge on any atom is -0.495 e. The highest BCUT2D eigenvalue weighted by Gasteiger charge is 2.24. The third-order valence-electron chi connectivity index (χ3n) is 4.20. The summed E-state index contributed by atoms with van der Waals surface area (Å²) in [4.78, 5) is 12.6. The van der Waals surface area contributed by atoms with Crippen molar-refractivity contribution in [1.29, 1.82) is 0 Å². The fourth-order valence-electron chi connectivity index (χ4n) is 2.65. The Balaban J connectivity index is 2.25. The van der Waals surface area contributed by atoms with Crippen LogP contribution in [0, 0.1) is 0 Å². The van der Waals surface area contributed by atoms with Crippen LogP contribution in [-0.2, 0) is 14.8 Å². The fourth-order valence-corrected chi connectivity index (χ4v) is 4.13. The van der Waals surface area contributed by atoms with Crippen molar-refractivity contribution >= 4 is 21.6 Å². The average Bonchev–Trinajstić information content (AvgIpc) is 2.69. The minimum atomic E-state index is -3.66. The number of carbonyl (C=O) groups excluding carboxylic acids is 1. The van der Waals surface area contributed by atoms with Gasteiger partial charge in [0.1, 0.15) is 11.5 Å². The molecule has 0 aromatic heterocycles. The van der Waals surface area contributed by atoms with Crippen molar-refractivity contribution in [2.45, 2.75) is 31.8 Å². The molecule has 0 unspecified atom stereocenters. The Kier molecular flexibility index (Phi) is 7.42. The lowest BCUT2D eigenvalue weighted by atomic mass is 10.2. The zero-order chi connectivity index (χ0) is 20.7. The normalized spacial score (nSPS) is 12.5. The van der Waals surface area contributed by atoms with Gasteiger partial charge < -0.3 is 14.8 Å². The van der Waals surface area contributed by atoms with Crippen LogP contribution in [-0.4, -0.2) is 44.9 Å². The molecule has 2 aromatic carbocycles. The molecule has 0 aliphatic carbocycles. The van der Waals surface area contributed by atoms with E-state index in [9.17, 15) is 13.2 Å². The highest BCUT2D eigenvalue weighted by atomic mass is 32.2. The van der Waals surface area contributed by atoms with E-state index in [0.717, 1.165) is 0 Å². The van der Waals surface area contributed by atoms with E-state index in [4.69, 9.17) is 9.47 Å². The van der Waals surface area contributed by atoms with E-state index < -0.39 is 22.0 Å². The van der Waals surface area contributed by atoms with E-state index in [1.807, 2.05) is 18.2 Å². The van der Waals surface area contributed by atoms with E-state index in [2.05, 4.69) is 5.32 Å². The van der Waals surface area contributed by atoms with E-state index in [0.29, 0.717) is 24.6 Å². The third kappa shape index (κ3) is 5.02. The van der Waals surface area contributed by atoms with Crippen molar-refractivity contribution in [1.82, 2.24) is 4.31 Å². The first-order valence-corrected chi connectivity index (χ1v) is 10.5. The molecule has 0 aliphatic rings. The van der Waals surface area contributed by atoms with E-state index >= 15 is 0 Å².